The first-order chi connectivity index (χ1) is 14.7. The second-order valence-corrected chi connectivity index (χ2v) is 8.15. The highest BCUT2D eigenvalue weighted by Crippen LogP contribution is 2.32. The summed E-state index contributed by atoms with van der Waals surface area (Å²) < 4.78 is 6.00. The quantitative estimate of drug-likeness (QED) is 0.628. The fourth-order valence-electron chi connectivity index (χ4n) is 4.24. The number of carbonyl (C=O) groups excluding carboxylic acids is 2. The van der Waals surface area contributed by atoms with Crippen LogP contribution in [-0.2, 0) is 22.4 Å². The van der Waals surface area contributed by atoms with E-state index in [0.717, 1.165) is 50.3 Å². The SMILES string of the molecule is O=C1CCN(CCCOc2ccc3c(c2)N(CCc2ccccc2)C(=O)CC3)CC1. The molecule has 0 atom stereocenters. The van der Waals surface area contributed by atoms with Crippen LogP contribution < -0.4 is 9.64 Å². The van der Waals surface area contributed by atoms with Crippen LogP contribution in [0.25, 0.3) is 0 Å². The molecule has 2 aliphatic rings. The maximum Gasteiger partial charge on any atom is 0.227 e. The molecular weight excluding hydrogens is 376 g/mol. The maximum absolute atomic E-state index is 12.6. The fourth-order valence-corrected chi connectivity index (χ4v) is 4.24. The van der Waals surface area contributed by atoms with Crippen LogP contribution in [0.15, 0.2) is 48.5 Å². The van der Waals surface area contributed by atoms with E-state index < -0.39 is 0 Å². The number of amides is 1. The second-order valence-electron chi connectivity index (χ2n) is 8.15. The van der Waals surface area contributed by atoms with E-state index in [9.17, 15) is 9.59 Å². The van der Waals surface area contributed by atoms with Crippen molar-refractivity contribution in [2.24, 2.45) is 0 Å². The Morgan fingerprint density at radius 3 is 2.47 bits per heavy atom. The van der Waals surface area contributed by atoms with E-state index >= 15 is 0 Å². The standard InChI is InChI=1S/C25H30N2O3/c28-22-12-15-26(16-13-22)14-4-18-30-23-9-7-21-8-10-25(29)27(24(21)19-23)17-11-20-5-2-1-3-6-20/h1-3,5-7,9,19H,4,8,10-18H2. The van der Waals surface area contributed by atoms with Crippen LogP contribution >= 0.6 is 0 Å². The molecule has 30 heavy (non-hydrogen) atoms. The van der Waals surface area contributed by atoms with Gasteiger partial charge in [0, 0.05) is 51.5 Å². The molecule has 5 nitrogen and oxygen atoms in total. The first-order valence-corrected chi connectivity index (χ1v) is 11.0. The van der Waals surface area contributed by atoms with Gasteiger partial charge in [-0.25, -0.2) is 0 Å². The summed E-state index contributed by atoms with van der Waals surface area (Å²) in [6, 6.07) is 16.4. The third kappa shape index (κ3) is 5.28. The van der Waals surface area contributed by atoms with Crippen LogP contribution in [0.4, 0.5) is 5.69 Å². The number of carbonyl (C=O) groups is 2. The number of nitrogens with zero attached hydrogens (tertiary/aromatic N) is 2. The summed E-state index contributed by atoms with van der Waals surface area (Å²) in [5.74, 6) is 1.39. The molecule has 0 bridgehead atoms. The Labute approximate surface area is 178 Å². The minimum Gasteiger partial charge on any atom is -0.493 e. The van der Waals surface area contributed by atoms with Gasteiger partial charge in [0.15, 0.2) is 0 Å². The smallest absolute Gasteiger partial charge is 0.227 e. The van der Waals surface area contributed by atoms with Crippen molar-refractivity contribution < 1.29 is 14.3 Å². The van der Waals surface area contributed by atoms with Gasteiger partial charge in [-0.3, -0.25) is 9.59 Å². The molecule has 0 radical (unpaired) electrons. The number of hydrogen-bond acceptors (Lipinski definition) is 4. The van der Waals surface area contributed by atoms with Gasteiger partial charge in [0.2, 0.25) is 5.91 Å². The molecule has 2 heterocycles. The first-order valence-electron chi connectivity index (χ1n) is 11.0. The van der Waals surface area contributed by atoms with Gasteiger partial charge in [-0.15, -0.1) is 0 Å². The van der Waals surface area contributed by atoms with Crippen LogP contribution in [0.2, 0.25) is 0 Å². The largest absolute Gasteiger partial charge is 0.493 e. The summed E-state index contributed by atoms with van der Waals surface area (Å²) in [6.07, 6.45) is 4.50. The zero-order valence-electron chi connectivity index (χ0n) is 17.5. The number of anilines is 1. The van der Waals surface area contributed by atoms with E-state index in [-0.39, 0.29) is 5.91 Å². The highest BCUT2D eigenvalue weighted by molar-refractivity contribution is 5.96. The molecule has 2 aliphatic heterocycles. The van der Waals surface area contributed by atoms with Crippen molar-refractivity contribution in [2.75, 3.05) is 37.7 Å². The molecular formula is C25H30N2O3. The Bertz CT molecular complexity index is 871. The number of hydrogen-bond donors (Lipinski definition) is 0. The Morgan fingerprint density at radius 1 is 0.867 bits per heavy atom. The normalized spacial score (nSPS) is 17.1. The zero-order valence-corrected chi connectivity index (χ0v) is 17.5. The monoisotopic (exact) mass is 406 g/mol. The molecule has 0 aromatic heterocycles. The van der Waals surface area contributed by atoms with Crippen molar-refractivity contribution in [1.82, 2.24) is 4.90 Å². The molecule has 2 aromatic carbocycles. The highest BCUT2D eigenvalue weighted by atomic mass is 16.5. The summed E-state index contributed by atoms with van der Waals surface area (Å²) in [6.45, 7) is 4.03. The lowest BCUT2D eigenvalue weighted by Crippen LogP contribution is -2.36. The van der Waals surface area contributed by atoms with Crippen molar-refractivity contribution in [2.45, 2.75) is 38.5 Å². The van der Waals surface area contributed by atoms with Crippen LogP contribution in [0.5, 0.6) is 5.75 Å². The Morgan fingerprint density at radius 2 is 1.67 bits per heavy atom. The van der Waals surface area contributed by atoms with Gasteiger partial charge < -0.3 is 14.5 Å². The number of Topliss-reactive ketones (excluding diaryl/α,β-unsaturated/α-hetero) is 1. The average molecular weight is 407 g/mol. The van der Waals surface area contributed by atoms with E-state index in [0.29, 0.717) is 38.2 Å². The van der Waals surface area contributed by atoms with E-state index in [2.05, 4.69) is 23.1 Å². The average Bonchev–Trinajstić information content (AvgIpc) is 2.78. The van der Waals surface area contributed by atoms with Crippen molar-refractivity contribution >= 4 is 17.4 Å². The van der Waals surface area contributed by atoms with Crippen molar-refractivity contribution in [3.05, 3.63) is 59.7 Å². The Hall–Kier alpha value is -2.66. The van der Waals surface area contributed by atoms with Gasteiger partial charge >= 0.3 is 0 Å². The molecule has 5 heteroatoms. The van der Waals surface area contributed by atoms with E-state index in [1.807, 2.05) is 35.2 Å². The number of benzene rings is 2. The minimum absolute atomic E-state index is 0.190. The number of likely N-dealkylation sites (tertiary alicyclic amines) is 1. The van der Waals surface area contributed by atoms with E-state index in [1.165, 1.54) is 11.1 Å². The predicted octanol–water partition coefficient (Wildman–Crippen LogP) is 3.64. The molecule has 0 aliphatic carbocycles. The summed E-state index contributed by atoms with van der Waals surface area (Å²) in [5.41, 5.74) is 3.45. The van der Waals surface area contributed by atoms with Gasteiger partial charge in [-0.05, 0) is 36.5 Å². The second kappa shape index (κ2) is 9.90. The summed E-state index contributed by atoms with van der Waals surface area (Å²) >= 11 is 0. The third-order valence-corrected chi connectivity index (χ3v) is 6.02. The molecule has 1 fully saturated rings. The summed E-state index contributed by atoms with van der Waals surface area (Å²) in [5, 5.41) is 0. The van der Waals surface area contributed by atoms with Gasteiger partial charge in [0.05, 0.1) is 12.3 Å². The Kier molecular flexibility index (Phi) is 6.80. The van der Waals surface area contributed by atoms with Crippen molar-refractivity contribution in [3.63, 3.8) is 0 Å². The number of piperidine rings is 1. The molecule has 0 saturated carbocycles. The maximum atomic E-state index is 12.6. The Balaban J connectivity index is 1.33. The zero-order chi connectivity index (χ0) is 20.8. The van der Waals surface area contributed by atoms with Crippen LogP contribution in [-0.4, -0.2) is 49.4 Å². The number of rotatable bonds is 8. The van der Waals surface area contributed by atoms with E-state index in [4.69, 9.17) is 4.74 Å². The van der Waals surface area contributed by atoms with Gasteiger partial charge in [0.1, 0.15) is 11.5 Å². The number of ether oxygens (including phenoxy) is 1. The lowest BCUT2D eigenvalue weighted by molar-refractivity contribution is -0.121. The molecule has 2 aromatic rings. The highest BCUT2D eigenvalue weighted by Gasteiger charge is 2.24. The molecule has 1 amide bonds. The minimum atomic E-state index is 0.190. The molecule has 1 saturated heterocycles. The fraction of sp³-hybridized carbons (Fsp3) is 0.440. The molecule has 0 spiro atoms. The van der Waals surface area contributed by atoms with Crippen molar-refractivity contribution in [3.8, 4) is 5.75 Å². The molecule has 4 rings (SSSR count). The molecule has 158 valence electrons. The van der Waals surface area contributed by atoms with Crippen molar-refractivity contribution in [1.29, 1.82) is 0 Å². The topological polar surface area (TPSA) is 49.9 Å². The van der Waals surface area contributed by atoms with Gasteiger partial charge in [-0.2, -0.15) is 0 Å². The summed E-state index contributed by atoms with van der Waals surface area (Å²) in [4.78, 5) is 28.2. The van der Waals surface area contributed by atoms with Crippen LogP contribution in [0.1, 0.15) is 36.8 Å². The predicted molar refractivity (Wildman–Crippen MR) is 118 cm³/mol. The van der Waals surface area contributed by atoms with Crippen LogP contribution in [0.3, 0.4) is 0 Å². The molecule has 0 unspecified atom stereocenters. The molecule has 0 N–H and O–H groups in total. The van der Waals surface area contributed by atoms with E-state index in [1.54, 1.807) is 0 Å². The third-order valence-electron chi connectivity index (χ3n) is 6.02. The number of aryl methyl sites for hydroxylation is 1. The number of fused-ring (bicyclic) bond motifs is 1. The van der Waals surface area contributed by atoms with Crippen LogP contribution in [0, 0.1) is 0 Å². The van der Waals surface area contributed by atoms with Gasteiger partial charge in [0.25, 0.3) is 0 Å². The number of ketones is 1. The first kappa shape index (κ1) is 20.6. The summed E-state index contributed by atoms with van der Waals surface area (Å²) in [7, 11) is 0. The van der Waals surface area contributed by atoms with Gasteiger partial charge in [-0.1, -0.05) is 36.4 Å². The lowest BCUT2D eigenvalue weighted by Gasteiger charge is -2.30. The lowest BCUT2D eigenvalue weighted by atomic mass is 10.00.